The van der Waals surface area contributed by atoms with Crippen molar-refractivity contribution in [2.45, 2.75) is 31.4 Å². The first-order chi connectivity index (χ1) is 16.5. The van der Waals surface area contributed by atoms with Gasteiger partial charge in [0.25, 0.3) is 5.92 Å². The zero-order valence-corrected chi connectivity index (χ0v) is 20.2. The summed E-state index contributed by atoms with van der Waals surface area (Å²) in [6, 6.07) is 3.00. The van der Waals surface area contributed by atoms with Gasteiger partial charge in [0, 0.05) is 29.2 Å². The van der Waals surface area contributed by atoms with Gasteiger partial charge in [0.2, 0.25) is 0 Å². The highest BCUT2D eigenvalue weighted by Gasteiger charge is 2.49. The highest BCUT2D eigenvalue weighted by atomic mass is 35.5. The molecule has 0 aliphatic carbocycles. The quantitative estimate of drug-likeness (QED) is 0.548. The van der Waals surface area contributed by atoms with Crippen LogP contribution < -0.4 is 5.32 Å². The molecule has 3 heterocycles. The Morgan fingerprint density at radius 3 is 2.71 bits per heavy atom. The minimum absolute atomic E-state index is 0.0132. The number of ether oxygens (including phenoxy) is 1. The number of esters is 1. The van der Waals surface area contributed by atoms with Gasteiger partial charge >= 0.3 is 11.9 Å². The van der Waals surface area contributed by atoms with Gasteiger partial charge in [-0.05, 0) is 36.1 Å². The molecule has 0 bridgehead atoms. The predicted molar refractivity (Wildman–Crippen MR) is 124 cm³/mol. The van der Waals surface area contributed by atoms with E-state index in [1.807, 2.05) is 18.4 Å². The Morgan fingerprint density at radius 2 is 2.11 bits per heavy atom. The molecule has 35 heavy (non-hydrogen) atoms. The molecule has 1 saturated heterocycles. The van der Waals surface area contributed by atoms with Crippen LogP contribution >= 0.6 is 22.9 Å². The number of methoxy groups -OCH3 is 1. The maximum atomic E-state index is 14.1. The van der Waals surface area contributed by atoms with Crippen molar-refractivity contribution in [3.05, 3.63) is 67.8 Å². The number of carbonyl (C=O) groups excluding carboxylic acids is 1. The zero-order valence-electron chi connectivity index (χ0n) is 18.6. The van der Waals surface area contributed by atoms with Crippen LogP contribution in [0.4, 0.5) is 13.2 Å². The molecule has 0 amide bonds. The number of thiophene rings is 1. The summed E-state index contributed by atoms with van der Waals surface area (Å²) >= 11 is 7.68. The summed E-state index contributed by atoms with van der Waals surface area (Å²) in [7, 11) is 1.15. The molecule has 2 aromatic rings. The van der Waals surface area contributed by atoms with Crippen molar-refractivity contribution in [3.63, 3.8) is 0 Å². The summed E-state index contributed by atoms with van der Waals surface area (Å²) in [4.78, 5) is 31.1. The lowest BCUT2D eigenvalue weighted by Gasteiger charge is -2.30. The number of benzene rings is 1. The van der Waals surface area contributed by atoms with Crippen LogP contribution in [0.3, 0.4) is 0 Å². The van der Waals surface area contributed by atoms with Gasteiger partial charge in [0.15, 0.2) is 0 Å². The van der Waals surface area contributed by atoms with Crippen molar-refractivity contribution < 1.29 is 32.6 Å². The summed E-state index contributed by atoms with van der Waals surface area (Å²) in [5.74, 6) is -5.64. The zero-order chi connectivity index (χ0) is 25.5. The molecule has 2 N–H and O–H groups in total. The lowest BCUT2D eigenvalue weighted by atomic mass is 9.95. The number of hydrogen-bond donors (Lipinski definition) is 2. The maximum absolute atomic E-state index is 14.1. The first-order valence-electron chi connectivity index (χ1n) is 10.5. The number of amidine groups is 1. The molecule has 1 aromatic heterocycles. The average molecular weight is 528 g/mol. The molecule has 1 fully saturated rings. The number of hydrogen-bond acceptors (Lipinski definition) is 7. The monoisotopic (exact) mass is 527 g/mol. The summed E-state index contributed by atoms with van der Waals surface area (Å²) in [5.41, 5.74) is 1.39. The molecular weight excluding hydrogens is 507 g/mol. The van der Waals surface area contributed by atoms with E-state index >= 15 is 0 Å². The number of carboxylic acids is 1. The fourth-order valence-corrected chi connectivity index (χ4v) is 5.32. The Bertz CT molecular complexity index is 1250. The molecular formula is C23H21ClF3N3O4S. The van der Waals surface area contributed by atoms with Gasteiger partial charge in [-0.1, -0.05) is 17.7 Å². The number of nitrogens with one attached hydrogen (secondary N) is 1. The number of carbonyl (C=O) groups is 2. The molecule has 7 nitrogen and oxygen atoms in total. The summed E-state index contributed by atoms with van der Waals surface area (Å²) < 4.78 is 47.0. The van der Waals surface area contributed by atoms with Crippen molar-refractivity contribution in [1.82, 2.24) is 10.2 Å². The Hall–Kier alpha value is -2.89. The molecule has 4 rings (SSSR count). The topological polar surface area (TPSA) is 91.2 Å². The fourth-order valence-electron chi connectivity index (χ4n) is 4.20. The molecule has 2 aliphatic heterocycles. The maximum Gasteiger partial charge on any atom is 0.338 e. The van der Waals surface area contributed by atoms with Gasteiger partial charge in [-0.15, -0.1) is 11.3 Å². The van der Waals surface area contributed by atoms with Crippen LogP contribution in [0.5, 0.6) is 0 Å². The van der Waals surface area contributed by atoms with Crippen molar-refractivity contribution in [2.75, 3.05) is 20.2 Å². The van der Waals surface area contributed by atoms with E-state index in [9.17, 15) is 27.9 Å². The van der Waals surface area contributed by atoms with Gasteiger partial charge in [0.05, 0.1) is 24.1 Å². The molecule has 186 valence electrons. The Kier molecular flexibility index (Phi) is 6.94. The number of likely N-dealkylation sites (tertiary alicyclic amines) is 1. The van der Waals surface area contributed by atoms with Crippen molar-refractivity contribution in [3.8, 4) is 0 Å². The van der Waals surface area contributed by atoms with Crippen LogP contribution in [0.1, 0.15) is 28.5 Å². The van der Waals surface area contributed by atoms with E-state index in [1.54, 1.807) is 0 Å². The smallest absolute Gasteiger partial charge is 0.338 e. The molecule has 12 heteroatoms. The van der Waals surface area contributed by atoms with E-state index in [2.05, 4.69) is 10.3 Å². The van der Waals surface area contributed by atoms with Gasteiger partial charge in [-0.2, -0.15) is 0 Å². The van der Waals surface area contributed by atoms with E-state index in [-0.39, 0.29) is 22.8 Å². The molecule has 2 atom stereocenters. The normalized spacial score (nSPS) is 22.1. The minimum atomic E-state index is -3.20. The highest BCUT2D eigenvalue weighted by molar-refractivity contribution is 7.12. The summed E-state index contributed by atoms with van der Waals surface area (Å²) in [6.07, 6.45) is -0.846. The molecule has 2 aliphatic rings. The van der Waals surface area contributed by atoms with E-state index < -0.39 is 48.7 Å². The Balaban J connectivity index is 1.85. The molecule has 0 radical (unpaired) electrons. The van der Waals surface area contributed by atoms with Gasteiger partial charge in [0.1, 0.15) is 23.7 Å². The van der Waals surface area contributed by atoms with Crippen LogP contribution in [0, 0.1) is 12.7 Å². The van der Waals surface area contributed by atoms with Crippen LogP contribution in [0.25, 0.3) is 0 Å². The standard InChI is InChI=1S/C23H21ClF3N3O4S/c1-11-5-17(35-9-11)20-28-15(8-30-10-23(26,27)7-16(30)21(31)32)18(22(33)34-2)19(29-20)13-4-3-12(25)6-14(13)24/h3-6,9,16,19H,7-8,10H2,1-2H3,(H,28,29)(H,31,32)/t16?,19-/m0/s1. The van der Waals surface area contributed by atoms with Crippen LogP contribution in [0.2, 0.25) is 5.02 Å². The van der Waals surface area contributed by atoms with Gasteiger partial charge < -0.3 is 15.2 Å². The number of rotatable bonds is 6. The van der Waals surface area contributed by atoms with Crippen molar-refractivity contribution >= 4 is 40.7 Å². The Labute approximate surface area is 207 Å². The summed E-state index contributed by atoms with van der Waals surface area (Å²) in [6.45, 7) is 0.782. The third-order valence-corrected chi connectivity index (χ3v) is 7.15. The molecule has 1 unspecified atom stereocenters. The van der Waals surface area contributed by atoms with Crippen molar-refractivity contribution in [2.24, 2.45) is 4.99 Å². The summed E-state index contributed by atoms with van der Waals surface area (Å²) in [5, 5.41) is 14.5. The van der Waals surface area contributed by atoms with E-state index in [0.29, 0.717) is 16.3 Å². The van der Waals surface area contributed by atoms with E-state index in [4.69, 9.17) is 16.3 Å². The first-order valence-corrected chi connectivity index (χ1v) is 11.8. The predicted octanol–water partition coefficient (Wildman–Crippen LogP) is 4.16. The van der Waals surface area contributed by atoms with E-state index in [1.165, 1.54) is 23.5 Å². The van der Waals surface area contributed by atoms with Crippen molar-refractivity contribution in [1.29, 1.82) is 0 Å². The molecule has 0 saturated carbocycles. The number of alkyl halides is 2. The minimum Gasteiger partial charge on any atom is -0.480 e. The van der Waals surface area contributed by atoms with Gasteiger partial charge in [-0.3, -0.25) is 14.7 Å². The lowest BCUT2D eigenvalue weighted by molar-refractivity contribution is -0.142. The largest absolute Gasteiger partial charge is 0.480 e. The molecule has 0 spiro atoms. The second-order valence-corrected chi connectivity index (χ2v) is 9.68. The number of aliphatic imine (C=N–C) groups is 1. The number of nitrogens with zero attached hydrogens (tertiary/aromatic N) is 2. The number of aliphatic carboxylic acids is 1. The van der Waals surface area contributed by atoms with E-state index in [0.717, 1.165) is 23.6 Å². The fraction of sp³-hybridized carbons (Fsp3) is 0.348. The second-order valence-electron chi connectivity index (χ2n) is 8.36. The number of carboxylic acid groups (broad SMARTS) is 1. The molecule has 1 aromatic carbocycles. The van der Waals surface area contributed by atoms with Crippen LogP contribution in [-0.4, -0.2) is 59.9 Å². The van der Waals surface area contributed by atoms with Crippen LogP contribution in [0.15, 0.2) is 45.9 Å². The lowest BCUT2D eigenvalue weighted by Crippen LogP contribution is -2.43. The van der Waals surface area contributed by atoms with Crippen LogP contribution in [-0.2, 0) is 14.3 Å². The van der Waals surface area contributed by atoms with Gasteiger partial charge in [-0.25, -0.2) is 18.0 Å². The third-order valence-electron chi connectivity index (χ3n) is 5.77. The highest BCUT2D eigenvalue weighted by Crippen LogP contribution is 2.38. The third kappa shape index (κ3) is 5.21. The Morgan fingerprint density at radius 1 is 1.37 bits per heavy atom. The second kappa shape index (κ2) is 9.63. The average Bonchev–Trinajstić information content (AvgIpc) is 3.35. The first kappa shape index (κ1) is 25.2. The number of halogens is 4. The number of aryl methyl sites for hydroxylation is 1. The SMILES string of the molecule is COC(=O)C1=C(CN2CC(F)(F)CC2C(=O)O)NC(c2cc(C)cs2)=N[C@H]1c1ccc(F)cc1Cl.